The van der Waals surface area contributed by atoms with Crippen molar-refractivity contribution < 1.29 is 18.3 Å². The third-order valence-corrected chi connectivity index (χ3v) is 5.18. The van der Waals surface area contributed by atoms with Crippen LogP contribution in [-0.2, 0) is 0 Å². The Kier molecular flexibility index (Phi) is 8.00. The largest absolute Gasteiger partial charge is 0.433 e. The summed E-state index contributed by atoms with van der Waals surface area (Å²) in [6, 6.07) is 10.4. The first-order valence-electron chi connectivity index (χ1n) is 10.4. The van der Waals surface area contributed by atoms with Gasteiger partial charge in [0.15, 0.2) is 0 Å². The van der Waals surface area contributed by atoms with Crippen molar-refractivity contribution in [3.63, 3.8) is 0 Å². The number of aromatic nitrogens is 1. The highest BCUT2D eigenvalue weighted by atomic mass is 19.3. The third kappa shape index (κ3) is 6.27. The standard InChI is InChI=1S/C22H29F2N5O2/c1-27(2)21(30)17-7-5-10-25-20(17)26-11-6-12-28-13-15-29(16-14-28)18-8-3-4-9-19(18)31-22(23)24/h3-5,7-10,22H,6,11-16H2,1-2H3,(H,25,26). The van der Waals surface area contributed by atoms with E-state index in [0.29, 0.717) is 23.6 Å². The van der Waals surface area contributed by atoms with Gasteiger partial charge in [0, 0.05) is 53.0 Å². The molecule has 7 nitrogen and oxygen atoms in total. The second-order valence-electron chi connectivity index (χ2n) is 7.55. The first-order valence-corrected chi connectivity index (χ1v) is 10.4. The predicted molar refractivity (Wildman–Crippen MR) is 117 cm³/mol. The molecule has 0 atom stereocenters. The van der Waals surface area contributed by atoms with Gasteiger partial charge in [0.05, 0.1) is 11.3 Å². The number of halogens is 2. The van der Waals surface area contributed by atoms with Crippen LogP contribution in [0, 0.1) is 0 Å². The summed E-state index contributed by atoms with van der Waals surface area (Å²) < 4.78 is 30.0. The Morgan fingerprint density at radius 3 is 2.61 bits per heavy atom. The van der Waals surface area contributed by atoms with E-state index in [9.17, 15) is 13.6 Å². The molecule has 0 bridgehead atoms. The first kappa shape index (κ1) is 22.7. The minimum atomic E-state index is -2.83. The number of hydrogen-bond acceptors (Lipinski definition) is 6. The SMILES string of the molecule is CN(C)C(=O)c1cccnc1NCCCN1CCN(c2ccccc2OC(F)F)CC1. The summed E-state index contributed by atoms with van der Waals surface area (Å²) in [5.74, 6) is 0.734. The number of pyridine rings is 1. The van der Waals surface area contributed by atoms with Gasteiger partial charge in [-0.3, -0.25) is 9.69 Å². The van der Waals surface area contributed by atoms with E-state index in [4.69, 9.17) is 0 Å². The lowest BCUT2D eigenvalue weighted by Crippen LogP contribution is -2.47. The third-order valence-electron chi connectivity index (χ3n) is 5.18. The molecule has 1 aromatic heterocycles. The number of amides is 1. The predicted octanol–water partition coefficient (Wildman–Crippen LogP) is 3.01. The highest BCUT2D eigenvalue weighted by Crippen LogP contribution is 2.30. The van der Waals surface area contributed by atoms with Gasteiger partial charge in [0.25, 0.3) is 5.91 Å². The van der Waals surface area contributed by atoms with Crippen LogP contribution >= 0.6 is 0 Å². The molecule has 0 radical (unpaired) electrons. The van der Waals surface area contributed by atoms with Crippen LogP contribution < -0.4 is 15.0 Å². The number of nitrogens with one attached hydrogen (secondary N) is 1. The van der Waals surface area contributed by atoms with Gasteiger partial charge >= 0.3 is 6.61 Å². The fourth-order valence-corrected chi connectivity index (χ4v) is 3.60. The lowest BCUT2D eigenvalue weighted by Gasteiger charge is -2.36. The van der Waals surface area contributed by atoms with E-state index < -0.39 is 6.61 Å². The summed E-state index contributed by atoms with van der Waals surface area (Å²) in [7, 11) is 3.44. The zero-order chi connectivity index (χ0) is 22.2. The highest BCUT2D eigenvalue weighted by Gasteiger charge is 2.20. The summed E-state index contributed by atoms with van der Waals surface area (Å²) in [5, 5.41) is 3.27. The second kappa shape index (κ2) is 10.9. The quantitative estimate of drug-likeness (QED) is 0.614. The molecule has 0 aliphatic carbocycles. The van der Waals surface area contributed by atoms with E-state index in [2.05, 4.69) is 24.8 Å². The van der Waals surface area contributed by atoms with Crippen molar-refractivity contribution >= 4 is 17.4 Å². The van der Waals surface area contributed by atoms with E-state index in [1.807, 2.05) is 12.1 Å². The maximum atomic E-state index is 12.7. The normalized spacial score (nSPS) is 14.5. The van der Waals surface area contributed by atoms with Crippen LogP contribution in [0.15, 0.2) is 42.6 Å². The number of hydrogen-bond donors (Lipinski definition) is 1. The van der Waals surface area contributed by atoms with Crippen molar-refractivity contribution in [1.82, 2.24) is 14.8 Å². The van der Waals surface area contributed by atoms with Crippen molar-refractivity contribution in [1.29, 1.82) is 0 Å². The highest BCUT2D eigenvalue weighted by molar-refractivity contribution is 5.98. The summed E-state index contributed by atoms with van der Waals surface area (Å²) >= 11 is 0. The average Bonchev–Trinajstić information content (AvgIpc) is 2.77. The molecule has 0 unspecified atom stereocenters. The Labute approximate surface area is 181 Å². The van der Waals surface area contributed by atoms with Gasteiger partial charge in [-0.1, -0.05) is 12.1 Å². The molecule has 168 valence electrons. The van der Waals surface area contributed by atoms with Crippen molar-refractivity contribution in [3.8, 4) is 5.75 Å². The van der Waals surface area contributed by atoms with Crippen LogP contribution in [0.1, 0.15) is 16.8 Å². The van der Waals surface area contributed by atoms with Crippen LogP contribution in [0.2, 0.25) is 0 Å². The summed E-state index contributed by atoms with van der Waals surface area (Å²) in [6.07, 6.45) is 2.57. The van der Waals surface area contributed by atoms with Crippen LogP contribution in [0.25, 0.3) is 0 Å². The van der Waals surface area contributed by atoms with Crippen LogP contribution in [-0.4, -0.2) is 80.7 Å². The monoisotopic (exact) mass is 433 g/mol. The number of nitrogens with zero attached hydrogens (tertiary/aromatic N) is 4. The van der Waals surface area contributed by atoms with Gasteiger partial charge in [-0.25, -0.2) is 4.98 Å². The van der Waals surface area contributed by atoms with E-state index in [1.54, 1.807) is 44.6 Å². The molecule has 1 amide bonds. The maximum absolute atomic E-state index is 12.7. The average molecular weight is 434 g/mol. The maximum Gasteiger partial charge on any atom is 0.387 e. The number of rotatable bonds is 9. The number of alkyl halides is 2. The number of para-hydroxylation sites is 2. The lowest BCUT2D eigenvalue weighted by molar-refractivity contribution is -0.0495. The minimum absolute atomic E-state index is 0.0807. The molecule has 2 heterocycles. The fraction of sp³-hybridized carbons (Fsp3) is 0.455. The molecular formula is C22H29F2N5O2. The first-order chi connectivity index (χ1) is 15.0. The van der Waals surface area contributed by atoms with Crippen LogP contribution in [0.4, 0.5) is 20.3 Å². The fourth-order valence-electron chi connectivity index (χ4n) is 3.60. The topological polar surface area (TPSA) is 60.9 Å². The summed E-state index contributed by atoms with van der Waals surface area (Å²) in [4.78, 5) is 22.5. The summed E-state index contributed by atoms with van der Waals surface area (Å²) in [5.41, 5.74) is 1.27. The smallest absolute Gasteiger partial charge is 0.387 e. The van der Waals surface area contributed by atoms with E-state index in [1.165, 1.54) is 4.90 Å². The van der Waals surface area contributed by atoms with Gasteiger partial charge in [0.1, 0.15) is 11.6 Å². The van der Waals surface area contributed by atoms with Crippen molar-refractivity contribution in [2.24, 2.45) is 0 Å². The van der Waals surface area contributed by atoms with Gasteiger partial charge in [-0.15, -0.1) is 0 Å². The van der Waals surface area contributed by atoms with Crippen molar-refractivity contribution in [2.45, 2.75) is 13.0 Å². The van der Waals surface area contributed by atoms with E-state index in [0.717, 1.165) is 39.1 Å². The number of carbonyl (C=O) groups excluding carboxylic acids is 1. The molecule has 1 saturated heterocycles. The Balaban J connectivity index is 1.45. The molecule has 1 aliphatic rings. The molecular weight excluding hydrogens is 404 g/mol. The van der Waals surface area contributed by atoms with Gasteiger partial charge in [-0.2, -0.15) is 8.78 Å². The molecule has 9 heteroatoms. The Bertz CT molecular complexity index is 857. The molecule has 3 rings (SSSR count). The number of piperazine rings is 1. The van der Waals surface area contributed by atoms with Gasteiger partial charge in [-0.05, 0) is 37.2 Å². The summed E-state index contributed by atoms with van der Waals surface area (Å²) in [6.45, 7) is 1.96. The molecule has 1 aromatic carbocycles. The zero-order valence-electron chi connectivity index (χ0n) is 17.9. The number of carbonyl (C=O) groups is 1. The number of benzene rings is 1. The van der Waals surface area contributed by atoms with Crippen molar-refractivity contribution in [2.75, 3.05) is 63.6 Å². The molecule has 31 heavy (non-hydrogen) atoms. The van der Waals surface area contributed by atoms with Crippen LogP contribution in [0.5, 0.6) is 5.75 Å². The number of ether oxygens (including phenoxy) is 1. The molecule has 0 saturated carbocycles. The molecule has 1 fully saturated rings. The molecule has 2 aromatic rings. The Hall–Kier alpha value is -2.94. The minimum Gasteiger partial charge on any atom is -0.433 e. The second-order valence-corrected chi connectivity index (χ2v) is 7.55. The van der Waals surface area contributed by atoms with E-state index in [-0.39, 0.29) is 11.7 Å². The zero-order valence-corrected chi connectivity index (χ0v) is 17.9. The van der Waals surface area contributed by atoms with E-state index >= 15 is 0 Å². The van der Waals surface area contributed by atoms with Gasteiger partial charge in [0.2, 0.25) is 0 Å². The molecule has 0 spiro atoms. The van der Waals surface area contributed by atoms with Crippen LogP contribution in [0.3, 0.4) is 0 Å². The Morgan fingerprint density at radius 2 is 1.90 bits per heavy atom. The van der Waals surface area contributed by atoms with Gasteiger partial charge < -0.3 is 19.9 Å². The number of anilines is 2. The molecule has 1 aliphatic heterocycles. The molecule has 1 N–H and O–H groups in total. The lowest BCUT2D eigenvalue weighted by atomic mass is 10.2. The Morgan fingerprint density at radius 1 is 1.16 bits per heavy atom. The van der Waals surface area contributed by atoms with Crippen molar-refractivity contribution in [3.05, 3.63) is 48.2 Å².